The van der Waals surface area contributed by atoms with Crippen LogP contribution in [0.2, 0.25) is 0 Å². The lowest BCUT2D eigenvalue weighted by Crippen LogP contribution is -2.19. The van der Waals surface area contributed by atoms with Crippen LogP contribution in [0.25, 0.3) is 0 Å². The average molecular weight is 356 g/mol. The lowest BCUT2D eigenvalue weighted by atomic mass is 10.2. The van der Waals surface area contributed by atoms with Crippen LogP contribution in [0.5, 0.6) is 5.75 Å². The highest BCUT2D eigenvalue weighted by Gasteiger charge is 2.32. The third kappa shape index (κ3) is 6.25. The van der Waals surface area contributed by atoms with Crippen molar-refractivity contribution < 1.29 is 27.8 Å². The van der Waals surface area contributed by atoms with Crippen LogP contribution < -0.4 is 10.1 Å². The summed E-state index contributed by atoms with van der Waals surface area (Å²) in [6.07, 6.45) is -3.81. The van der Waals surface area contributed by atoms with Crippen molar-refractivity contribution in [1.29, 1.82) is 0 Å². The van der Waals surface area contributed by atoms with Crippen LogP contribution in [0, 0.1) is 0 Å². The summed E-state index contributed by atoms with van der Waals surface area (Å²) in [6, 6.07) is 3.93. The van der Waals surface area contributed by atoms with Crippen LogP contribution in [0.3, 0.4) is 0 Å². The molecule has 0 heterocycles. The molecule has 0 spiro atoms. The van der Waals surface area contributed by atoms with Gasteiger partial charge in [-0.3, -0.25) is 4.79 Å². The van der Waals surface area contributed by atoms with E-state index in [0.29, 0.717) is 17.3 Å². The summed E-state index contributed by atoms with van der Waals surface area (Å²) in [7, 11) is 0. The topological polar surface area (TPSA) is 58.6 Å². The van der Waals surface area contributed by atoms with Crippen molar-refractivity contribution in [1.82, 2.24) is 0 Å². The van der Waals surface area contributed by atoms with Gasteiger partial charge < -0.3 is 15.2 Å². The molecular weight excluding hydrogens is 343 g/mol. The second kappa shape index (κ2) is 7.49. The summed E-state index contributed by atoms with van der Waals surface area (Å²) in [5.74, 6) is -0.921. The number of rotatable bonds is 6. The molecule has 0 aliphatic rings. The highest BCUT2D eigenvalue weighted by atomic mass is 79.9. The van der Waals surface area contributed by atoms with E-state index in [2.05, 4.69) is 26.0 Å². The summed E-state index contributed by atoms with van der Waals surface area (Å²) in [5, 5.41) is 10.9. The number of hydrogen-bond acceptors (Lipinski definition) is 3. The molecule has 1 amide bonds. The van der Waals surface area contributed by atoms with Crippen LogP contribution >= 0.6 is 15.9 Å². The molecule has 2 N–H and O–H groups in total. The van der Waals surface area contributed by atoms with Crippen LogP contribution in [0.1, 0.15) is 19.3 Å². The maximum Gasteiger partial charge on any atom is 0.573 e. The summed E-state index contributed by atoms with van der Waals surface area (Å²) >= 11 is 3.03. The van der Waals surface area contributed by atoms with E-state index in [4.69, 9.17) is 5.11 Å². The van der Waals surface area contributed by atoms with Gasteiger partial charge in [0.05, 0.1) is 5.69 Å². The molecule has 0 bridgehead atoms. The first-order valence-electron chi connectivity index (χ1n) is 5.78. The normalized spacial score (nSPS) is 11.2. The third-order valence-electron chi connectivity index (χ3n) is 2.26. The van der Waals surface area contributed by atoms with Gasteiger partial charge in [0.2, 0.25) is 5.91 Å². The molecule has 20 heavy (non-hydrogen) atoms. The smallest absolute Gasteiger partial charge is 0.404 e. The molecule has 0 radical (unpaired) electrons. The molecule has 1 aromatic carbocycles. The minimum Gasteiger partial charge on any atom is -0.404 e. The number of aliphatic hydroxyl groups excluding tert-OH is 1. The second-order valence-electron chi connectivity index (χ2n) is 3.92. The van der Waals surface area contributed by atoms with Gasteiger partial charge in [-0.1, -0.05) is 15.9 Å². The Labute approximate surface area is 122 Å². The quantitative estimate of drug-likeness (QED) is 0.768. The summed E-state index contributed by atoms with van der Waals surface area (Å²) in [4.78, 5) is 11.5. The van der Waals surface area contributed by atoms with Crippen molar-refractivity contribution in [2.45, 2.75) is 25.6 Å². The summed E-state index contributed by atoms with van der Waals surface area (Å²) < 4.78 is 41.0. The standard InChI is InChI=1S/C12H13BrF3NO3/c13-8-4-5-9(10(7-8)20-12(14,15)16)17-11(19)3-1-2-6-18/h4-5,7,18H,1-3,6H2,(H,17,19). The minimum atomic E-state index is -4.84. The van der Waals surface area contributed by atoms with E-state index >= 15 is 0 Å². The number of nitrogens with one attached hydrogen (secondary N) is 1. The van der Waals surface area contributed by atoms with Gasteiger partial charge in [0, 0.05) is 17.5 Å². The first-order chi connectivity index (χ1) is 9.31. The van der Waals surface area contributed by atoms with E-state index in [1.165, 1.54) is 12.1 Å². The lowest BCUT2D eigenvalue weighted by molar-refractivity contribution is -0.274. The molecule has 0 fully saturated rings. The molecule has 0 atom stereocenters. The Balaban J connectivity index is 2.76. The van der Waals surface area contributed by atoms with Crippen molar-refractivity contribution >= 4 is 27.5 Å². The van der Waals surface area contributed by atoms with Gasteiger partial charge in [-0.25, -0.2) is 0 Å². The number of anilines is 1. The zero-order valence-corrected chi connectivity index (χ0v) is 11.9. The number of aliphatic hydroxyl groups is 1. The van der Waals surface area contributed by atoms with Gasteiger partial charge in [0.15, 0.2) is 5.75 Å². The molecular formula is C12H13BrF3NO3. The molecule has 1 rings (SSSR count). The molecule has 112 valence electrons. The number of unbranched alkanes of at least 4 members (excludes halogenated alkanes) is 1. The Bertz CT molecular complexity index is 466. The predicted octanol–water partition coefficient (Wildman–Crippen LogP) is 3.45. The number of amides is 1. The van der Waals surface area contributed by atoms with Crippen molar-refractivity contribution in [3.8, 4) is 5.75 Å². The molecule has 0 saturated heterocycles. The number of benzene rings is 1. The molecule has 0 saturated carbocycles. The van der Waals surface area contributed by atoms with Crippen LogP contribution in [0.15, 0.2) is 22.7 Å². The SMILES string of the molecule is O=C(CCCCO)Nc1ccc(Br)cc1OC(F)(F)F. The molecule has 1 aromatic rings. The Morgan fingerprint density at radius 3 is 2.65 bits per heavy atom. The van der Waals surface area contributed by atoms with Crippen molar-refractivity contribution in [2.75, 3.05) is 11.9 Å². The summed E-state index contributed by atoms with van der Waals surface area (Å²) in [6.45, 7) is -0.0337. The van der Waals surface area contributed by atoms with E-state index in [-0.39, 0.29) is 18.7 Å². The van der Waals surface area contributed by atoms with E-state index in [9.17, 15) is 18.0 Å². The Kier molecular flexibility index (Phi) is 6.28. The van der Waals surface area contributed by atoms with E-state index in [0.717, 1.165) is 6.07 Å². The monoisotopic (exact) mass is 355 g/mol. The molecule has 0 aliphatic heterocycles. The maximum absolute atomic E-state index is 12.3. The number of alkyl halides is 3. The first-order valence-corrected chi connectivity index (χ1v) is 6.57. The van der Waals surface area contributed by atoms with Crippen LogP contribution in [0.4, 0.5) is 18.9 Å². The van der Waals surface area contributed by atoms with E-state index < -0.39 is 18.0 Å². The molecule has 0 unspecified atom stereocenters. The average Bonchev–Trinajstić information content (AvgIpc) is 2.31. The first kappa shape index (κ1) is 16.8. The maximum atomic E-state index is 12.3. The Morgan fingerprint density at radius 2 is 2.05 bits per heavy atom. The van der Waals surface area contributed by atoms with Crippen molar-refractivity contribution in [3.63, 3.8) is 0 Å². The zero-order valence-electron chi connectivity index (χ0n) is 10.3. The highest BCUT2D eigenvalue weighted by Crippen LogP contribution is 2.33. The second-order valence-corrected chi connectivity index (χ2v) is 4.83. The fraction of sp³-hybridized carbons (Fsp3) is 0.417. The minimum absolute atomic E-state index is 0.0337. The molecule has 0 aromatic heterocycles. The number of carbonyl (C=O) groups is 1. The number of ether oxygens (including phenoxy) is 1. The lowest BCUT2D eigenvalue weighted by Gasteiger charge is -2.14. The Hall–Kier alpha value is -1.28. The van der Waals surface area contributed by atoms with Gasteiger partial charge in [0.1, 0.15) is 0 Å². The van der Waals surface area contributed by atoms with Gasteiger partial charge >= 0.3 is 6.36 Å². The van der Waals surface area contributed by atoms with Crippen molar-refractivity contribution in [2.24, 2.45) is 0 Å². The van der Waals surface area contributed by atoms with Crippen LogP contribution in [-0.2, 0) is 4.79 Å². The van der Waals surface area contributed by atoms with E-state index in [1.54, 1.807) is 0 Å². The number of hydrogen-bond donors (Lipinski definition) is 2. The molecule has 0 aliphatic carbocycles. The largest absolute Gasteiger partial charge is 0.573 e. The van der Waals surface area contributed by atoms with Gasteiger partial charge in [-0.2, -0.15) is 0 Å². The fourth-order valence-electron chi connectivity index (χ4n) is 1.42. The van der Waals surface area contributed by atoms with E-state index in [1.807, 2.05) is 0 Å². The van der Waals surface area contributed by atoms with Gasteiger partial charge in [0.25, 0.3) is 0 Å². The molecule has 4 nitrogen and oxygen atoms in total. The van der Waals surface area contributed by atoms with Crippen LogP contribution in [-0.4, -0.2) is 24.0 Å². The van der Waals surface area contributed by atoms with Crippen molar-refractivity contribution in [3.05, 3.63) is 22.7 Å². The molecule has 8 heteroatoms. The number of halogens is 4. The third-order valence-corrected chi connectivity index (χ3v) is 2.75. The Morgan fingerprint density at radius 1 is 1.35 bits per heavy atom. The highest BCUT2D eigenvalue weighted by molar-refractivity contribution is 9.10. The summed E-state index contributed by atoms with van der Waals surface area (Å²) in [5.41, 5.74) is -0.0560. The number of carbonyl (C=O) groups excluding carboxylic acids is 1. The van der Waals surface area contributed by atoms with Gasteiger partial charge in [-0.05, 0) is 31.0 Å². The predicted molar refractivity (Wildman–Crippen MR) is 70.4 cm³/mol. The zero-order chi connectivity index (χ0) is 15.2. The van der Waals surface area contributed by atoms with Gasteiger partial charge in [-0.15, -0.1) is 13.2 Å². The fourth-order valence-corrected chi connectivity index (χ4v) is 1.76.